The van der Waals surface area contributed by atoms with Gasteiger partial charge in [-0.25, -0.2) is 9.97 Å². The quantitative estimate of drug-likeness (QED) is 0.753. The highest BCUT2D eigenvalue weighted by Gasteiger charge is 2.36. The van der Waals surface area contributed by atoms with Crippen molar-refractivity contribution in [2.45, 2.75) is 45.5 Å². The molecule has 1 fully saturated rings. The summed E-state index contributed by atoms with van der Waals surface area (Å²) in [7, 11) is 3.27. The number of rotatable bonds is 4. The van der Waals surface area contributed by atoms with Gasteiger partial charge in [0.15, 0.2) is 11.5 Å². The average Bonchev–Trinajstić information content (AvgIpc) is 3.28. The zero-order chi connectivity index (χ0) is 22.2. The average molecular weight is 424 g/mol. The fourth-order valence-electron chi connectivity index (χ4n) is 3.46. The van der Waals surface area contributed by atoms with Gasteiger partial charge in [-0.05, 0) is 32.8 Å². The Balaban J connectivity index is 1.79. The Morgan fingerprint density at radius 2 is 1.97 bits per heavy atom. The molecule has 0 spiro atoms. The smallest absolute Gasteiger partial charge is 0.345 e. The predicted molar refractivity (Wildman–Crippen MR) is 100 cm³/mol. The lowest BCUT2D eigenvalue weighted by atomic mass is 10.1. The van der Waals surface area contributed by atoms with Gasteiger partial charge in [0.25, 0.3) is 5.91 Å². The minimum Gasteiger partial charge on any atom is -0.345 e. The molecule has 2 aromatic rings. The standard InChI is InChI=1S/C19H23F3N6O2/c1-11-8-15(19(20,21)22)25-28(11)10-16(29)27-7-5-6-14(27)17-23-9-13(12(2)24-17)18(30)26(3)4/h8-9,14H,5-7,10H2,1-4H3/t14-/m0/s1. The maximum absolute atomic E-state index is 12.9. The molecule has 1 saturated heterocycles. The highest BCUT2D eigenvalue weighted by molar-refractivity contribution is 5.94. The second kappa shape index (κ2) is 8.04. The molecule has 2 amide bonds. The van der Waals surface area contributed by atoms with Crippen LogP contribution in [-0.2, 0) is 17.5 Å². The van der Waals surface area contributed by atoms with Crippen LogP contribution in [0.25, 0.3) is 0 Å². The predicted octanol–water partition coefficient (Wildman–Crippen LogP) is 2.37. The monoisotopic (exact) mass is 424 g/mol. The molecule has 3 heterocycles. The van der Waals surface area contributed by atoms with Crippen LogP contribution in [0.2, 0.25) is 0 Å². The van der Waals surface area contributed by atoms with Gasteiger partial charge < -0.3 is 9.80 Å². The van der Waals surface area contributed by atoms with Gasteiger partial charge in [-0.15, -0.1) is 0 Å². The maximum atomic E-state index is 12.9. The number of hydrogen-bond donors (Lipinski definition) is 0. The van der Waals surface area contributed by atoms with Crippen LogP contribution in [0.5, 0.6) is 0 Å². The van der Waals surface area contributed by atoms with E-state index in [1.165, 1.54) is 18.0 Å². The molecule has 3 rings (SSSR count). The number of alkyl halides is 3. The van der Waals surface area contributed by atoms with Crippen molar-refractivity contribution in [3.8, 4) is 0 Å². The van der Waals surface area contributed by atoms with Crippen LogP contribution in [0.4, 0.5) is 13.2 Å². The zero-order valence-electron chi connectivity index (χ0n) is 17.2. The molecule has 11 heteroatoms. The van der Waals surface area contributed by atoms with E-state index in [2.05, 4.69) is 15.1 Å². The molecule has 30 heavy (non-hydrogen) atoms. The summed E-state index contributed by atoms with van der Waals surface area (Å²) in [6.07, 6.45) is -1.75. The van der Waals surface area contributed by atoms with Crippen LogP contribution in [-0.4, -0.2) is 62.0 Å². The highest BCUT2D eigenvalue weighted by atomic mass is 19.4. The van der Waals surface area contributed by atoms with E-state index in [9.17, 15) is 22.8 Å². The Kier molecular flexibility index (Phi) is 5.82. The van der Waals surface area contributed by atoms with Gasteiger partial charge in [-0.2, -0.15) is 18.3 Å². The fourth-order valence-corrected chi connectivity index (χ4v) is 3.46. The van der Waals surface area contributed by atoms with Crippen LogP contribution < -0.4 is 0 Å². The minimum atomic E-state index is -4.56. The van der Waals surface area contributed by atoms with Crippen LogP contribution in [0, 0.1) is 13.8 Å². The third-order valence-corrected chi connectivity index (χ3v) is 5.06. The van der Waals surface area contributed by atoms with Gasteiger partial charge >= 0.3 is 6.18 Å². The van der Waals surface area contributed by atoms with Crippen molar-refractivity contribution in [2.75, 3.05) is 20.6 Å². The SMILES string of the molecule is Cc1nc([C@@H]2CCCN2C(=O)Cn2nc(C(F)(F)F)cc2C)ncc1C(=O)N(C)C. The first-order valence-electron chi connectivity index (χ1n) is 9.45. The summed E-state index contributed by atoms with van der Waals surface area (Å²) in [5, 5.41) is 3.52. The number of aryl methyl sites for hydroxylation is 2. The van der Waals surface area contributed by atoms with Crippen LogP contribution in [0.3, 0.4) is 0 Å². The van der Waals surface area contributed by atoms with Crippen LogP contribution >= 0.6 is 0 Å². The molecule has 1 aliphatic rings. The molecular formula is C19H23F3N6O2. The van der Waals surface area contributed by atoms with Gasteiger partial charge in [-0.1, -0.05) is 0 Å². The molecule has 8 nitrogen and oxygen atoms in total. The first-order chi connectivity index (χ1) is 14.0. The Morgan fingerprint density at radius 3 is 2.53 bits per heavy atom. The first kappa shape index (κ1) is 21.7. The molecule has 1 aliphatic heterocycles. The lowest BCUT2D eigenvalue weighted by Crippen LogP contribution is -2.35. The van der Waals surface area contributed by atoms with E-state index >= 15 is 0 Å². The van der Waals surface area contributed by atoms with E-state index in [1.54, 1.807) is 25.9 Å². The molecule has 0 aliphatic carbocycles. The number of aromatic nitrogens is 4. The minimum absolute atomic E-state index is 0.215. The van der Waals surface area contributed by atoms with Crippen molar-refractivity contribution in [3.05, 3.63) is 40.7 Å². The van der Waals surface area contributed by atoms with E-state index in [-0.39, 0.29) is 24.1 Å². The van der Waals surface area contributed by atoms with Crippen molar-refractivity contribution in [1.82, 2.24) is 29.5 Å². The molecule has 0 bridgehead atoms. The molecule has 0 saturated carbocycles. The van der Waals surface area contributed by atoms with Crippen molar-refractivity contribution >= 4 is 11.8 Å². The van der Waals surface area contributed by atoms with E-state index in [1.807, 2.05) is 0 Å². The van der Waals surface area contributed by atoms with Crippen molar-refractivity contribution in [3.63, 3.8) is 0 Å². The molecule has 1 atom stereocenters. The third kappa shape index (κ3) is 4.29. The Morgan fingerprint density at radius 1 is 1.27 bits per heavy atom. The second-order valence-electron chi connectivity index (χ2n) is 7.50. The number of hydrogen-bond acceptors (Lipinski definition) is 5. The number of amides is 2. The molecular weight excluding hydrogens is 401 g/mol. The van der Waals surface area contributed by atoms with Gasteiger partial charge in [0.05, 0.1) is 17.3 Å². The van der Waals surface area contributed by atoms with Gasteiger partial charge in [0.2, 0.25) is 5.91 Å². The summed E-state index contributed by atoms with van der Waals surface area (Å²) >= 11 is 0. The molecule has 0 N–H and O–H groups in total. The lowest BCUT2D eigenvalue weighted by molar-refractivity contribution is -0.142. The van der Waals surface area contributed by atoms with E-state index < -0.39 is 17.9 Å². The molecule has 0 radical (unpaired) electrons. The van der Waals surface area contributed by atoms with E-state index in [0.717, 1.165) is 17.2 Å². The van der Waals surface area contributed by atoms with Crippen molar-refractivity contribution in [1.29, 1.82) is 0 Å². The van der Waals surface area contributed by atoms with E-state index in [0.29, 0.717) is 30.0 Å². The summed E-state index contributed by atoms with van der Waals surface area (Å²) in [4.78, 5) is 36.7. The first-order valence-corrected chi connectivity index (χ1v) is 9.45. The summed E-state index contributed by atoms with van der Waals surface area (Å²) in [5.74, 6) is -0.151. The normalized spacial score (nSPS) is 16.8. The summed E-state index contributed by atoms with van der Waals surface area (Å²) < 4.78 is 39.7. The maximum Gasteiger partial charge on any atom is 0.435 e. The lowest BCUT2D eigenvalue weighted by Gasteiger charge is -2.24. The van der Waals surface area contributed by atoms with Gasteiger partial charge in [0, 0.05) is 32.5 Å². The fraction of sp³-hybridized carbons (Fsp3) is 0.526. The summed E-state index contributed by atoms with van der Waals surface area (Å²) in [6.45, 7) is 3.34. The van der Waals surface area contributed by atoms with Gasteiger partial charge in [0.1, 0.15) is 6.54 Å². The Hall–Kier alpha value is -2.98. The van der Waals surface area contributed by atoms with Crippen molar-refractivity contribution in [2.24, 2.45) is 0 Å². The number of nitrogens with zero attached hydrogens (tertiary/aromatic N) is 6. The van der Waals surface area contributed by atoms with E-state index in [4.69, 9.17) is 0 Å². The van der Waals surface area contributed by atoms with Crippen LogP contribution in [0.15, 0.2) is 12.3 Å². The summed E-state index contributed by atoms with van der Waals surface area (Å²) in [5.41, 5.74) is 0.123. The molecule has 0 unspecified atom stereocenters. The van der Waals surface area contributed by atoms with Crippen molar-refractivity contribution < 1.29 is 22.8 Å². The topological polar surface area (TPSA) is 84.2 Å². The number of halogens is 3. The Bertz CT molecular complexity index is 970. The largest absolute Gasteiger partial charge is 0.435 e. The Labute approximate surface area is 171 Å². The number of carbonyl (C=O) groups excluding carboxylic acids is 2. The second-order valence-corrected chi connectivity index (χ2v) is 7.50. The summed E-state index contributed by atoms with van der Waals surface area (Å²) in [6, 6.07) is 0.527. The molecule has 162 valence electrons. The highest BCUT2D eigenvalue weighted by Crippen LogP contribution is 2.31. The number of carbonyl (C=O) groups is 2. The number of likely N-dealkylation sites (tertiary alicyclic amines) is 1. The molecule has 0 aromatic carbocycles. The third-order valence-electron chi connectivity index (χ3n) is 5.06. The van der Waals surface area contributed by atoms with Crippen LogP contribution in [0.1, 0.15) is 52.1 Å². The molecule has 2 aromatic heterocycles. The zero-order valence-corrected chi connectivity index (χ0v) is 17.2. The van der Waals surface area contributed by atoms with Gasteiger partial charge in [-0.3, -0.25) is 14.3 Å².